The van der Waals surface area contributed by atoms with Crippen LogP contribution in [-0.4, -0.2) is 25.8 Å². The molecule has 2 aromatic carbocycles. The molecular formula is C18H23NO2. The normalized spacial score (nSPS) is 12.0. The molecule has 1 N–H and O–H groups in total. The lowest BCUT2D eigenvalue weighted by atomic mass is 10.0. The van der Waals surface area contributed by atoms with Crippen molar-refractivity contribution in [2.75, 3.05) is 25.6 Å². The first-order valence-corrected chi connectivity index (χ1v) is 7.21. The molecule has 0 aliphatic carbocycles. The molecule has 0 radical (unpaired) electrons. The monoisotopic (exact) mass is 285 g/mol. The van der Waals surface area contributed by atoms with Crippen molar-refractivity contribution < 1.29 is 9.84 Å². The largest absolute Gasteiger partial charge is 0.495 e. The molecule has 0 saturated carbocycles. The van der Waals surface area contributed by atoms with E-state index in [0.29, 0.717) is 6.42 Å². The number of aliphatic hydroxyl groups excluding tert-OH is 1. The van der Waals surface area contributed by atoms with E-state index in [0.717, 1.165) is 29.1 Å². The molecule has 3 nitrogen and oxygen atoms in total. The van der Waals surface area contributed by atoms with E-state index >= 15 is 0 Å². The lowest BCUT2D eigenvalue weighted by Gasteiger charge is -2.23. The molecule has 1 atom stereocenters. The fourth-order valence-corrected chi connectivity index (χ4v) is 2.50. The summed E-state index contributed by atoms with van der Waals surface area (Å²) >= 11 is 0. The number of hydrogen-bond acceptors (Lipinski definition) is 3. The number of rotatable bonds is 6. The quantitative estimate of drug-likeness (QED) is 0.881. The van der Waals surface area contributed by atoms with Crippen LogP contribution in [0.1, 0.15) is 23.7 Å². The van der Waals surface area contributed by atoms with Crippen molar-refractivity contribution >= 4 is 5.69 Å². The molecule has 21 heavy (non-hydrogen) atoms. The van der Waals surface area contributed by atoms with Gasteiger partial charge in [-0.3, -0.25) is 0 Å². The molecule has 0 amide bonds. The van der Waals surface area contributed by atoms with Gasteiger partial charge in [0.15, 0.2) is 0 Å². The molecular weight excluding hydrogens is 262 g/mol. The number of aliphatic hydroxyl groups is 1. The smallest absolute Gasteiger partial charge is 0.142 e. The molecule has 0 heterocycles. The Bertz CT molecular complexity index is 583. The minimum Gasteiger partial charge on any atom is -0.495 e. The lowest BCUT2D eigenvalue weighted by molar-refractivity contribution is 0.169. The van der Waals surface area contributed by atoms with E-state index in [4.69, 9.17) is 4.74 Å². The standard InChI is InChI=1S/C18H23NO2/c1-14-8-4-5-9-15(14)17(20)12-13-19(2)16-10-6-7-11-18(16)21-3/h4-11,17,20H,12-13H2,1-3H3. The van der Waals surface area contributed by atoms with Crippen molar-refractivity contribution in [3.05, 3.63) is 59.7 Å². The second-order valence-corrected chi connectivity index (χ2v) is 5.25. The first-order chi connectivity index (χ1) is 10.1. The summed E-state index contributed by atoms with van der Waals surface area (Å²) < 4.78 is 5.37. The second-order valence-electron chi connectivity index (χ2n) is 5.25. The van der Waals surface area contributed by atoms with Gasteiger partial charge in [0, 0.05) is 13.6 Å². The topological polar surface area (TPSA) is 32.7 Å². The van der Waals surface area contributed by atoms with Gasteiger partial charge in [-0.15, -0.1) is 0 Å². The number of nitrogens with zero attached hydrogens (tertiary/aromatic N) is 1. The van der Waals surface area contributed by atoms with Crippen molar-refractivity contribution in [2.24, 2.45) is 0 Å². The number of hydrogen-bond donors (Lipinski definition) is 1. The van der Waals surface area contributed by atoms with Gasteiger partial charge in [-0.25, -0.2) is 0 Å². The third-order valence-corrected chi connectivity index (χ3v) is 3.78. The molecule has 0 fully saturated rings. The number of anilines is 1. The van der Waals surface area contributed by atoms with Gasteiger partial charge in [-0.2, -0.15) is 0 Å². The lowest BCUT2D eigenvalue weighted by Crippen LogP contribution is -2.21. The summed E-state index contributed by atoms with van der Waals surface area (Å²) in [6.07, 6.45) is 0.239. The predicted octanol–water partition coefficient (Wildman–Crippen LogP) is 3.56. The second kappa shape index (κ2) is 7.14. The van der Waals surface area contributed by atoms with Crippen LogP contribution in [0.15, 0.2) is 48.5 Å². The fraction of sp³-hybridized carbons (Fsp3) is 0.333. The maximum absolute atomic E-state index is 10.4. The Kier molecular flexibility index (Phi) is 5.23. The molecule has 0 spiro atoms. The Morgan fingerprint density at radius 1 is 1.10 bits per heavy atom. The van der Waals surface area contributed by atoms with Gasteiger partial charge < -0.3 is 14.7 Å². The van der Waals surface area contributed by atoms with Crippen LogP contribution < -0.4 is 9.64 Å². The highest BCUT2D eigenvalue weighted by Gasteiger charge is 2.13. The van der Waals surface area contributed by atoms with Gasteiger partial charge in [-0.05, 0) is 36.6 Å². The van der Waals surface area contributed by atoms with E-state index < -0.39 is 6.10 Å². The molecule has 0 aromatic heterocycles. The highest BCUT2D eigenvalue weighted by Crippen LogP contribution is 2.28. The Labute approximate surface area is 126 Å². The highest BCUT2D eigenvalue weighted by atomic mass is 16.5. The van der Waals surface area contributed by atoms with Crippen molar-refractivity contribution in [1.82, 2.24) is 0 Å². The van der Waals surface area contributed by atoms with Crippen molar-refractivity contribution in [1.29, 1.82) is 0 Å². The van der Waals surface area contributed by atoms with Crippen LogP contribution in [0.2, 0.25) is 0 Å². The van der Waals surface area contributed by atoms with E-state index in [1.807, 2.05) is 62.5 Å². The molecule has 112 valence electrons. The summed E-state index contributed by atoms with van der Waals surface area (Å²) in [5.41, 5.74) is 3.17. The fourth-order valence-electron chi connectivity index (χ4n) is 2.50. The van der Waals surface area contributed by atoms with Crippen molar-refractivity contribution in [3.8, 4) is 5.75 Å². The molecule has 0 aliphatic heterocycles. The molecule has 0 bridgehead atoms. The summed E-state index contributed by atoms with van der Waals surface area (Å²) in [6.45, 7) is 2.79. The summed E-state index contributed by atoms with van der Waals surface area (Å²) in [7, 11) is 3.69. The summed E-state index contributed by atoms with van der Waals surface area (Å²) in [4.78, 5) is 2.11. The molecule has 2 aromatic rings. The van der Waals surface area contributed by atoms with Crippen LogP contribution in [0.3, 0.4) is 0 Å². The van der Waals surface area contributed by atoms with Crippen LogP contribution in [0.25, 0.3) is 0 Å². The first kappa shape index (κ1) is 15.4. The van der Waals surface area contributed by atoms with Crippen LogP contribution >= 0.6 is 0 Å². The van der Waals surface area contributed by atoms with E-state index in [-0.39, 0.29) is 0 Å². The van der Waals surface area contributed by atoms with Crippen LogP contribution in [-0.2, 0) is 0 Å². The van der Waals surface area contributed by atoms with Crippen molar-refractivity contribution in [2.45, 2.75) is 19.4 Å². The Balaban J connectivity index is 2.01. The van der Waals surface area contributed by atoms with Gasteiger partial charge in [0.25, 0.3) is 0 Å². The Hall–Kier alpha value is -2.00. The van der Waals surface area contributed by atoms with Crippen molar-refractivity contribution in [3.63, 3.8) is 0 Å². The predicted molar refractivity (Wildman–Crippen MR) is 87.0 cm³/mol. The molecule has 3 heteroatoms. The highest BCUT2D eigenvalue weighted by molar-refractivity contribution is 5.57. The first-order valence-electron chi connectivity index (χ1n) is 7.21. The average molecular weight is 285 g/mol. The average Bonchev–Trinajstić information content (AvgIpc) is 2.52. The van der Waals surface area contributed by atoms with E-state index in [1.165, 1.54) is 0 Å². The van der Waals surface area contributed by atoms with Gasteiger partial charge in [-0.1, -0.05) is 36.4 Å². The van der Waals surface area contributed by atoms with E-state index in [1.54, 1.807) is 7.11 Å². The van der Waals surface area contributed by atoms with Crippen LogP contribution in [0, 0.1) is 6.92 Å². The van der Waals surface area contributed by atoms with E-state index in [2.05, 4.69) is 4.90 Å². The third kappa shape index (κ3) is 3.76. The SMILES string of the molecule is COc1ccccc1N(C)CCC(O)c1ccccc1C. The molecule has 0 aliphatic rings. The number of methoxy groups -OCH3 is 1. The number of para-hydroxylation sites is 2. The van der Waals surface area contributed by atoms with Crippen LogP contribution in [0.5, 0.6) is 5.75 Å². The Morgan fingerprint density at radius 3 is 2.48 bits per heavy atom. The number of aryl methyl sites for hydroxylation is 1. The van der Waals surface area contributed by atoms with Gasteiger partial charge in [0.05, 0.1) is 18.9 Å². The van der Waals surface area contributed by atoms with Gasteiger partial charge in [0.2, 0.25) is 0 Å². The van der Waals surface area contributed by atoms with Crippen LogP contribution in [0.4, 0.5) is 5.69 Å². The summed E-state index contributed by atoms with van der Waals surface area (Å²) in [5.74, 6) is 0.852. The van der Waals surface area contributed by atoms with Gasteiger partial charge in [0.1, 0.15) is 5.75 Å². The minimum atomic E-state index is -0.441. The molecule has 2 rings (SSSR count). The zero-order chi connectivity index (χ0) is 15.2. The van der Waals surface area contributed by atoms with E-state index in [9.17, 15) is 5.11 Å². The maximum Gasteiger partial charge on any atom is 0.142 e. The summed E-state index contributed by atoms with van der Waals surface area (Å²) in [5, 5.41) is 10.4. The maximum atomic E-state index is 10.4. The molecule has 1 unspecified atom stereocenters. The zero-order valence-corrected chi connectivity index (χ0v) is 12.9. The van der Waals surface area contributed by atoms with Gasteiger partial charge >= 0.3 is 0 Å². The number of benzene rings is 2. The molecule has 0 saturated heterocycles. The third-order valence-electron chi connectivity index (χ3n) is 3.78. The zero-order valence-electron chi connectivity index (χ0n) is 12.9. The minimum absolute atomic E-state index is 0.441. The summed E-state index contributed by atoms with van der Waals surface area (Å²) in [6, 6.07) is 15.9. The number of ether oxygens (including phenoxy) is 1. The Morgan fingerprint density at radius 2 is 1.76 bits per heavy atom.